The molecule has 14 heavy (non-hydrogen) atoms. The standard InChI is InChI=1S/C7H9N5O2/c13-3-10-7-11-5-4(6(14)12-7)8-1-2-9-5/h3,8H,1-2H2,(H3,9,10,11,12,13,14). The van der Waals surface area contributed by atoms with Crippen LogP contribution in [0, 0.1) is 0 Å². The lowest BCUT2D eigenvalue weighted by molar-refractivity contribution is -0.105. The van der Waals surface area contributed by atoms with Gasteiger partial charge in [0, 0.05) is 13.1 Å². The summed E-state index contributed by atoms with van der Waals surface area (Å²) in [4.78, 5) is 28.0. The van der Waals surface area contributed by atoms with E-state index in [-0.39, 0.29) is 11.5 Å². The second kappa shape index (κ2) is 3.36. The third-order valence-corrected chi connectivity index (χ3v) is 1.83. The Balaban J connectivity index is 2.46. The summed E-state index contributed by atoms with van der Waals surface area (Å²) in [5, 5.41) is 8.15. The Morgan fingerprint density at radius 2 is 2.14 bits per heavy atom. The second-order valence-corrected chi connectivity index (χ2v) is 2.75. The quantitative estimate of drug-likeness (QED) is 0.462. The van der Waals surface area contributed by atoms with E-state index in [9.17, 15) is 9.59 Å². The third kappa shape index (κ3) is 1.39. The zero-order valence-corrected chi connectivity index (χ0v) is 7.26. The maximum atomic E-state index is 11.4. The average molecular weight is 195 g/mol. The Kier molecular flexibility index (Phi) is 2.05. The fourth-order valence-corrected chi connectivity index (χ4v) is 1.26. The molecule has 4 N–H and O–H groups in total. The van der Waals surface area contributed by atoms with Crippen LogP contribution in [0.15, 0.2) is 4.79 Å². The van der Waals surface area contributed by atoms with Crippen LogP contribution in [0.2, 0.25) is 0 Å². The molecule has 0 spiro atoms. The fourth-order valence-electron chi connectivity index (χ4n) is 1.26. The van der Waals surface area contributed by atoms with Gasteiger partial charge in [-0.15, -0.1) is 0 Å². The van der Waals surface area contributed by atoms with Crippen molar-refractivity contribution in [2.24, 2.45) is 0 Å². The molecule has 0 aromatic carbocycles. The molecule has 0 unspecified atom stereocenters. The molecular weight excluding hydrogens is 186 g/mol. The van der Waals surface area contributed by atoms with Gasteiger partial charge < -0.3 is 10.6 Å². The van der Waals surface area contributed by atoms with Crippen LogP contribution in [-0.2, 0) is 4.79 Å². The van der Waals surface area contributed by atoms with E-state index in [0.29, 0.717) is 31.0 Å². The maximum absolute atomic E-state index is 11.4. The van der Waals surface area contributed by atoms with Crippen molar-refractivity contribution in [3.05, 3.63) is 10.4 Å². The van der Waals surface area contributed by atoms with Gasteiger partial charge in [-0.3, -0.25) is 19.9 Å². The molecule has 2 heterocycles. The van der Waals surface area contributed by atoms with E-state index in [1.54, 1.807) is 0 Å². The number of anilines is 3. The van der Waals surface area contributed by atoms with Crippen molar-refractivity contribution in [3.63, 3.8) is 0 Å². The van der Waals surface area contributed by atoms with Crippen molar-refractivity contribution in [2.75, 3.05) is 29.0 Å². The molecule has 74 valence electrons. The van der Waals surface area contributed by atoms with Gasteiger partial charge in [-0.2, -0.15) is 4.98 Å². The van der Waals surface area contributed by atoms with Gasteiger partial charge in [0.25, 0.3) is 5.56 Å². The molecule has 1 aliphatic rings. The molecule has 7 heteroatoms. The highest BCUT2D eigenvalue weighted by Crippen LogP contribution is 2.16. The van der Waals surface area contributed by atoms with E-state index in [0.717, 1.165) is 0 Å². The van der Waals surface area contributed by atoms with E-state index >= 15 is 0 Å². The highest BCUT2D eigenvalue weighted by Gasteiger charge is 2.13. The molecule has 7 nitrogen and oxygen atoms in total. The van der Waals surface area contributed by atoms with Crippen LogP contribution in [0.5, 0.6) is 0 Å². The van der Waals surface area contributed by atoms with E-state index in [1.807, 2.05) is 0 Å². The van der Waals surface area contributed by atoms with Crippen molar-refractivity contribution in [1.82, 2.24) is 9.97 Å². The predicted molar refractivity (Wildman–Crippen MR) is 51.5 cm³/mol. The number of carbonyl (C=O) groups is 1. The van der Waals surface area contributed by atoms with Gasteiger partial charge in [-0.25, -0.2) is 0 Å². The van der Waals surface area contributed by atoms with Crippen LogP contribution >= 0.6 is 0 Å². The van der Waals surface area contributed by atoms with Crippen molar-refractivity contribution < 1.29 is 4.79 Å². The molecule has 0 saturated heterocycles. The van der Waals surface area contributed by atoms with Gasteiger partial charge in [-0.05, 0) is 0 Å². The zero-order valence-electron chi connectivity index (χ0n) is 7.26. The molecule has 0 atom stereocenters. The summed E-state index contributed by atoms with van der Waals surface area (Å²) in [5.41, 5.74) is 0.110. The smallest absolute Gasteiger partial charge is 0.277 e. The largest absolute Gasteiger partial charge is 0.376 e. The van der Waals surface area contributed by atoms with Crippen LogP contribution in [0.4, 0.5) is 17.5 Å². The van der Waals surface area contributed by atoms with Gasteiger partial charge in [0.2, 0.25) is 12.4 Å². The monoisotopic (exact) mass is 195 g/mol. The van der Waals surface area contributed by atoms with Crippen LogP contribution < -0.4 is 21.5 Å². The molecule has 0 bridgehead atoms. The molecule has 1 aromatic rings. The third-order valence-electron chi connectivity index (χ3n) is 1.83. The summed E-state index contributed by atoms with van der Waals surface area (Å²) in [5.74, 6) is 0.601. The first-order valence-electron chi connectivity index (χ1n) is 4.13. The van der Waals surface area contributed by atoms with E-state index in [4.69, 9.17) is 0 Å². The first-order valence-corrected chi connectivity index (χ1v) is 4.13. The van der Waals surface area contributed by atoms with E-state index < -0.39 is 0 Å². The number of carbonyl (C=O) groups excluding carboxylic acids is 1. The number of aromatic amines is 1. The maximum Gasteiger partial charge on any atom is 0.277 e. The highest BCUT2D eigenvalue weighted by atomic mass is 16.1. The van der Waals surface area contributed by atoms with Crippen LogP contribution in [0.1, 0.15) is 0 Å². The Morgan fingerprint density at radius 3 is 2.93 bits per heavy atom. The zero-order chi connectivity index (χ0) is 9.97. The van der Waals surface area contributed by atoms with Crippen molar-refractivity contribution in [2.45, 2.75) is 0 Å². The fraction of sp³-hybridized carbons (Fsp3) is 0.286. The normalized spacial score (nSPS) is 13.4. The first-order chi connectivity index (χ1) is 6.81. The Hall–Kier alpha value is -2.05. The van der Waals surface area contributed by atoms with Crippen LogP contribution in [0.25, 0.3) is 0 Å². The van der Waals surface area contributed by atoms with E-state index in [1.165, 1.54) is 0 Å². The van der Waals surface area contributed by atoms with Crippen molar-refractivity contribution in [1.29, 1.82) is 0 Å². The number of aromatic nitrogens is 2. The van der Waals surface area contributed by atoms with Crippen molar-refractivity contribution >= 4 is 23.9 Å². The number of rotatable bonds is 2. The summed E-state index contributed by atoms with van der Waals surface area (Å²) in [6.45, 7) is 1.38. The van der Waals surface area contributed by atoms with Gasteiger partial charge >= 0.3 is 0 Å². The molecule has 0 radical (unpaired) electrons. The molecular formula is C7H9N5O2. The molecule has 1 aliphatic heterocycles. The molecule has 0 saturated carbocycles. The lowest BCUT2D eigenvalue weighted by Crippen LogP contribution is -2.28. The minimum Gasteiger partial charge on any atom is -0.376 e. The van der Waals surface area contributed by atoms with Gasteiger partial charge in [-0.1, -0.05) is 0 Å². The minimum absolute atomic E-state index is 0.139. The van der Waals surface area contributed by atoms with Crippen LogP contribution in [-0.4, -0.2) is 29.5 Å². The number of nitrogens with zero attached hydrogens (tertiary/aromatic N) is 1. The summed E-state index contributed by atoms with van der Waals surface area (Å²) < 4.78 is 0. The number of amides is 1. The minimum atomic E-state index is -0.299. The summed E-state index contributed by atoms with van der Waals surface area (Å²) in [6, 6.07) is 0. The van der Waals surface area contributed by atoms with E-state index in [2.05, 4.69) is 25.9 Å². The predicted octanol–water partition coefficient (Wildman–Crippen LogP) is -0.824. The summed E-state index contributed by atoms with van der Waals surface area (Å²) >= 11 is 0. The van der Waals surface area contributed by atoms with Gasteiger partial charge in [0.05, 0.1) is 0 Å². The lowest BCUT2D eigenvalue weighted by Gasteiger charge is -2.17. The lowest BCUT2D eigenvalue weighted by atomic mass is 10.3. The molecule has 1 amide bonds. The molecule has 0 fully saturated rings. The summed E-state index contributed by atoms with van der Waals surface area (Å²) in [6.07, 6.45) is 0.459. The Morgan fingerprint density at radius 1 is 1.36 bits per heavy atom. The Bertz CT molecular complexity index is 413. The van der Waals surface area contributed by atoms with Crippen molar-refractivity contribution in [3.8, 4) is 0 Å². The molecule has 1 aromatic heterocycles. The second-order valence-electron chi connectivity index (χ2n) is 2.75. The SMILES string of the molecule is O=CNc1nc2c(c(=O)[nH]1)NCCN2. The van der Waals surface area contributed by atoms with Gasteiger partial charge in [0.1, 0.15) is 5.69 Å². The highest BCUT2D eigenvalue weighted by molar-refractivity contribution is 5.71. The first kappa shape index (κ1) is 8.54. The number of H-pyrrole nitrogens is 1. The molecule has 2 rings (SSSR count). The molecule has 0 aliphatic carbocycles. The number of nitrogens with one attached hydrogen (secondary N) is 4. The Labute approximate surface area is 78.9 Å². The number of hydrogen-bond donors (Lipinski definition) is 4. The number of fused-ring (bicyclic) bond motifs is 1. The van der Waals surface area contributed by atoms with Gasteiger partial charge in [0.15, 0.2) is 5.82 Å². The van der Waals surface area contributed by atoms with Crippen LogP contribution in [0.3, 0.4) is 0 Å². The number of hydrogen-bond acceptors (Lipinski definition) is 5. The average Bonchev–Trinajstić information content (AvgIpc) is 2.18. The summed E-state index contributed by atoms with van der Waals surface area (Å²) in [7, 11) is 0. The topological polar surface area (TPSA) is 98.9 Å².